The Morgan fingerprint density at radius 1 is 1.07 bits per heavy atom. The Hall–Kier alpha value is -2.79. The minimum Gasteiger partial charge on any atom is -0.494 e. The molecule has 0 spiro atoms. The van der Waals surface area contributed by atoms with E-state index in [-0.39, 0.29) is 0 Å². The molecular formula is C22H21N3OS. The minimum absolute atomic E-state index is 0.668. The van der Waals surface area contributed by atoms with Crippen molar-refractivity contribution in [3.8, 4) is 17.0 Å². The number of benzene rings is 2. The number of rotatable bonds is 6. The average molecular weight is 375 g/mol. The van der Waals surface area contributed by atoms with E-state index in [0.29, 0.717) is 6.61 Å². The van der Waals surface area contributed by atoms with Crippen molar-refractivity contribution < 1.29 is 4.74 Å². The van der Waals surface area contributed by atoms with Gasteiger partial charge in [-0.2, -0.15) is 5.10 Å². The maximum absolute atomic E-state index is 5.52. The van der Waals surface area contributed by atoms with Crippen molar-refractivity contribution in [2.24, 2.45) is 0 Å². The van der Waals surface area contributed by atoms with Gasteiger partial charge in [-0.3, -0.25) is 0 Å². The first-order valence-electron chi connectivity index (χ1n) is 8.99. The van der Waals surface area contributed by atoms with Gasteiger partial charge in [0.05, 0.1) is 17.8 Å². The van der Waals surface area contributed by atoms with E-state index < -0.39 is 0 Å². The summed E-state index contributed by atoms with van der Waals surface area (Å²) in [6, 6.07) is 18.6. The number of aryl methyl sites for hydroxylation is 1. The summed E-state index contributed by atoms with van der Waals surface area (Å²) in [5, 5.41) is 5.71. The number of nitrogens with zero attached hydrogens (tertiary/aromatic N) is 3. The number of hydrogen-bond acceptors (Lipinski definition) is 4. The molecule has 4 rings (SSSR count). The first kappa shape index (κ1) is 17.6. The Kier molecular flexibility index (Phi) is 5.12. The van der Waals surface area contributed by atoms with Crippen LogP contribution in [0.1, 0.15) is 18.1 Å². The lowest BCUT2D eigenvalue weighted by Crippen LogP contribution is -1.92. The van der Waals surface area contributed by atoms with Gasteiger partial charge in [-0.1, -0.05) is 36.0 Å². The molecule has 0 amide bonds. The van der Waals surface area contributed by atoms with Gasteiger partial charge in [0.15, 0.2) is 0 Å². The lowest BCUT2D eigenvalue weighted by atomic mass is 10.1. The third-order valence-electron chi connectivity index (χ3n) is 4.44. The zero-order valence-electron chi connectivity index (χ0n) is 15.4. The summed E-state index contributed by atoms with van der Waals surface area (Å²) in [5.41, 5.74) is 5.67. The van der Waals surface area contributed by atoms with E-state index in [9.17, 15) is 0 Å². The van der Waals surface area contributed by atoms with Crippen LogP contribution < -0.4 is 4.74 Å². The fourth-order valence-corrected chi connectivity index (χ4v) is 4.01. The molecule has 0 bridgehead atoms. The molecule has 0 aliphatic rings. The van der Waals surface area contributed by atoms with Crippen molar-refractivity contribution in [3.63, 3.8) is 0 Å². The van der Waals surface area contributed by atoms with E-state index in [1.165, 1.54) is 11.1 Å². The highest BCUT2D eigenvalue weighted by molar-refractivity contribution is 7.98. The van der Waals surface area contributed by atoms with Crippen LogP contribution in [0.2, 0.25) is 0 Å². The predicted octanol–water partition coefficient (Wildman–Crippen LogP) is 5.40. The third-order valence-corrected chi connectivity index (χ3v) is 5.48. The molecule has 136 valence electrons. The summed E-state index contributed by atoms with van der Waals surface area (Å²) >= 11 is 1.74. The molecule has 0 atom stereocenters. The van der Waals surface area contributed by atoms with Crippen molar-refractivity contribution in [1.29, 1.82) is 0 Å². The van der Waals surface area contributed by atoms with E-state index in [4.69, 9.17) is 9.84 Å². The Balaban J connectivity index is 1.61. The second-order valence-electron chi connectivity index (χ2n) is 6.26. The zero-order valence-corrected chi connectivity index (χ0v) is 16.2. The highest BCUT2D eigenvalue weighted by atomic mass is 32.2. The van der Waals surface area contributed by atoms with E-state index >= 15 is 0 Å². The molecule has 0 aliphatic carbocycles. The summed E-state index contributed by atoms with van der Waals surface area (Å²) in [6.45, 7) is 4.80. The van der Waals surface area contributed by atoms with Crippen molar-refractivity contribution in [2.75, 3.05) is 6.61 Å². The summed E-state index contributed by atoms with van der Waals surface area (Å²) in [6.07, 6.45) is 3.70. The number of aromatic nitrogens is 3. The molecule has 0 radical (unpaired) electrons. The summed E-state index contributed by atoms with van der Waals surface area (Å²) in [5.74, 6) is 1.77. The summed E-state index contributed by atoms with van der Waals surface area (Å²) < 4.78 is 7.42. The normalized spacial score (nSPS) is 11.0. The highest BCUT2D eigenvalue weighted by Crippen LogP contribution is 2.29. The Morgan fingerprint density at radius 2 is 1.89 bits per heavy atom. The molecule has 2 aromatic carbocycles. The lowest BCUT2D eigenvalue weighted by molar-refractivity contribution is 0.340. The van der Waals surface area contributed by atoms with Crippen molar-refractivity contribution in [1.82, 2.24) is 14.6 Å². The standard InChI is InChI=1S/C22H21N3OS/c1-3-26-19-10-8-17(9-11-19)20-14-21-22(23-12-13-25(21)24-20)27-15-18-7-5-4-6-16(18)2/h4-14H,3,15H2,1-2H3. The molecule has 0 N–H and O–H groups in total. The van der Waals surface area contributed by atoms with E-state index in [1.54, 1.807) is 11.8 Å². The van der Waals surface area contributed by atoms with Gasteiger partial charge in [0.2, 0.25) is 0 Å². The predicted molar refractivity (Wildman–Crippen MR) is 110 cm³/mol. The lowest BCUT2D eigenvalue weighted by Gasteiger charge is -2.05. The maximum Gasteiger partial charge on any atom is 0.122 e. The largest absolute Gasteiger partial charge is 0.494 e. The fourth-order valence-electron chi connectivity index (χ4n) is 2.96. The van der Waals surface area contributed by atoms with Gasteiger partial charge in [-0.25, -0.2) is 9.50 Å². The molecule has 0 saturated heterocycles. The molecule has 0 aliphatic heterocycles. The van der Waals surface area contributed by atoms with Gasteiger partial charge in [0.1, 0.15) is 10.8 Å². The monoisotopic (exact) mass is 375 g/mol. The third kappa shape index (κ3) is 3.83. The van der Waals surface area contributed by atoms with Crippen LogP contribution in [0.25, 0.3) is 16.8 Å². The first-order chi connectivity index (χ1) is 13.2. The topological polar surface area (TPSA) is 39.4 Å². The maximum atomic E-state index is 5.52. The van der Waals surface area contributed by atoms with Gasteiger partial charge >= 0.3 is 0 Å². The SMILES string of the molecule is CCOc1ccc(-c2cc3c(SCc4ccccc4C)nccn3n2)cc1. The fraction of sp³-hybridized carbons (Fsp3) is 0.182. The molecule has 2 heterocycles. The van der Waals surface area contributed by atoms with Crippen molar-refractivity contribution >= 4 is 17.3 Å². The van der Waals surface area contributed by atoms with Crippen LogP contribution in [0, 0.1) is 6.92 Å². The molecule has 4 aromatic rings. The quantitative estimate of drug-likeness (QED) is 0.423. The van der Waals surface area contributed by atoms with Crippen molar-refractivity contribution in [3.05, 3.63) is 78.1 Å². The Labute approximate surface area is 163 Å². The Bertz CT molecular complexity index is 1060. The molecule has 27 heavy (non-hydrogen) atoms. The van der Waals surface area contributed by atoms with Crippen LogP contribution in [0.5, 0.6) is 5.75 Å². The summed E-state index contributed by atoms with van der Waals surface area (Å²) in [4.78, 5) is 4.58. The minimum atomic E-state index is 0.668. The van der Waals surface area contributed by atoms with Crippen LogP contribution in [0.4, 0.5) is 0 Å². The van der Waals surface area contributed by atoms with Gasteiger partial charge in [-0.15, -0.1) is 0 Å². The molecule has 0 fully saturated rings. The van der Waals surface area contributed by atoms with Gasteiger partial charge in [0.25, 0.3) is 0 Å². The van der Waals surface area contributed by atoms with Gasteiger partial charge in [0, 0.05) is 23.7 Å². The van der Waals surface area contributed by atoms with E-state index in [0.717, 1.165) is 33.3 Å². The molecule has 5 heteroatoms. The van der Waals surface area contributed by atoms with Crippen LogP contribution in [-0.4, -0.2) is 21.2 Å². The molecule has 0 saturated carbocycles. The van der Waals surface area contributed by atoms with Crippen LogP contribution in [0.15, 0.2) is 72.0 Å². The van der Waals surface area contributed by atoms with E-state index in [2.05, 4.69) is 42.2 Å². The van der Waals surface area contributed by atoms with Gasteiger partial charge in [-0.05, 0) is 55.3 Å². The van der Waals surface area contributed by atoms with Crippen molar-refractivity contribution in [2.45, 2.75) is 24.6 Å². The Morgan fingerprint density at radius 3 is 2.67 bits per heavy atom. The molecule has 0 unspecified atom stereocenters. The van der Waals surface area contributed by atoms with Crippen LogP contribution >= 0.6 is 11.8 Å². The first-order valence-corrected chi connectivity index (χ1v) is 9.98. The molecule has 4 nitrogen and oxygen atoms in total. The zero-order chi connectivity index (χ0) is 18.6. The average Bonchev–Trinajstić information content (AvgIpc) is 3.13. The van der Waals surface area contributed by atoms with Gasteiger partial charge < -0.3 is 4.74 Å². The van der Waals surface area contributed by atoms with Crippen LogP contribution in [0.3, 0.4) is 0 Å². The number of thioether (sulfide) groups is 1. The smallest absolute Gasteiger partial charge is 0.122 e. The molecule has 2 aromatic heterocycles. The van der Waals surface area contributed by atoms with E-state index in [1.807, 2.05) is 48.1 Å². The number of hydrogen-bond donors (Lipinski definition) is 0. The number of fused-ring (bicyclic) bond motifs is 1. The summed E-state index contributed by atoms with van der Waals surface area (Å²) in [7, 11) is 0. The second-order valence-corrected chi connectivity index (χ2v) is 7.23. The second kappa shape index (κ2) is 7.84. The van der Waals surface area contributed by atoms with Crippen LogP contribution in [-0.2, 0) is 5.75 Å². The highest BCUT2D eigenvalue weighted by Gasteiger charge is 2.10. The number of ether oxygens (including phenoxy) is 1. The molecular weight excluding hydrogens is 354 g/mol.